The third-order valence-electron chi connectivity index (χ3n) is 4.36. The van der Waals surface area contributed by atoms with Gasteiger partial charge in [0.2, 0.25) is 5.91 Å². The highest BCUT2D eigenvalue weighted by Crippen LogP contribution is 2.17. The van der Waals surface area contributed by atoms with Crippen LogP contribution >= 0.6 is 0 Å². The van der Waals surface area contributed by atoms with Gasteiger partial charge in [0.05, 0.1) is 24.6 Å². The Kier molecular flexibility index (Phi) is 5.40. The molecular formula is C20H22N4O3. The minimum absolute atomic E-state index is 0.156. The number of hydrogen-bond donors (Lipinski definition) is 2. The Morgan fingerprint density at radius 2 is 1.85 bits per heavy atom. The molecule has 7 heteroatoms. The van der Waals surface area contributed by atoms with Crippen LogP contribution in [0.25, 0.3) is 11.0 Å². The summed E-state index contributed by atoms with van der Waals surface area (Å²) in [4.78, 5) is 28.8. The van der Waals surface area contributed by atoms with E-state index in [0.717, 1.165) is 34.7 Å². The number of aromatic nitrogens is 2. The molecular weight excluding hydrogens is 344 g/mol. The number of hydrazine groups is 1. The van der Waals surface area contributed by atoms with Crippen molar-refractivity contribution in [3.63, 3.8) is 0 Å². The molecule has 1 heterocycles. The summed E-state index contributed by atoms with van der Waals surface area (Å²) >= 11 is 0. The summed E-state index contributed by atoms with van der Waals surface area (Å²) in [7, 11) is 1.59. The molecule has 1 aromatic heterocycles. The highest BCUT2D eigenvalue weighted by molar-refractivity contribution is 5.98. The summed E-state index contributed by atoms with van der Waals surface area (Å²) in [5, 5.41) is 0. The zero-order valence-corrected chi connectivity index (χ0v) is 15.6. The van der Waals surface area contributed by atoms with Gasteiger partial charge in [-0.15, -0.1) is 0 Å². The minimum Gasteiger partial charge on any atom is -0.497 e. The molecule has 0 unspecified atom stereocenters. The van der Waals surface area contributed by atoms with Crippen LogP contribution in [0.4, 0.5) is 0 Å². The molecule has 2 amide bonds. The number of nitrogens with one attached hydrogen (secondary N) is 2. The maximum atomic E-state index is 12.3. The maximum absolute atomic E-state index is 12.3. The molecule has 7 nitrogen and oxygen atoms in total. The highest BCUT2D eigenvalue weighted by Gasteiger charge is 2.12. The molecule has 0 aliphatic heterocycles. The molecule has 0 atom stereocenters. The number of imidazole rings is 1. The Hall–Kier alpha value is -3.35. The molecule has 140 valence electrons. The van der Waals surface area contributed by atoms with Crippen molar-refractivity contribution in [3.05, 3.63) is 59.4 Å². The third kappa shape index (κ3) is 4.08. The molecule has 0 aliphatic rings. The van der Waals surface area contributed by atoms with Crippen LogP contribution in [0.1, 0.15) is 28.7 Å². The summed E-state index contributed by atoms with van der Waals surface area (Å²) in [5.74, 6) is 0.936. The summed E-state index contributed by atoms with van der Waals surface area (Å²) in [6.07, 6.45) is 0.156. The number of hydrogen-bond acceptors (Lipinski definition) is 4. The number of carbonyl (C=O) groups excluding carboxylic acids is 2. The normalized spacial score (nSPS) is 10.6. The number of fused-ring (bicyclic) bond motifs is 1. The van der Waals surface area contributed by atoms with Crippen molar-refractivity contribution in [2.75, 3.05) is 7.11 Å². The van der Waals surface area contributed by atoms with Crippen LogP contribution in [-0.4, -0.2) is 28.5 Å². The molecule has 3 rings (SSSR count). The fraction of sp³-hybridized carbons (Fsp3) is 0.250. The van der Waals surface area contributed by atoms with Crippen molar-refractivity contribution < 1.29 is 14.3 Å². The van der Waals surface area contributed by atoms with E-state index in [9.17, 15) is 9.59 Å². The Balaban J connectivity index is 1.61. The zero-order chi connectivity index (χ0) is 19.4. The molecule has 0 spiro atoms. The van der Waals surface area contributed by atoms with E-state index in [-0.39, 0.29) is 18.2 Å². The lowest BCUT2D eigenvalue weighted by Gasteiger charge is -2.08. The number of amides is 2. The molecule has 0 radical (unpaired) electrons. The second-order valence-corrected chi connectivity index (χ2v) is 6.13. The van der Waals surface area contributed by atoms with Crippen LogP contribution in [-0.2, 0) is 17.8 Å². The molecule has 0 saturated carbocycles. The van der Waals surface area contributed by atoms with Crippen LogP contribution in [0.5, 0.6) is 5.75 Å². The van der Waals surface area contributed by atoms with E-state index in [4.69, 9.17) is 4.74 Å². The van der Waals surface area contributed by atoms with Crippen molar-refractivity contribution in [3.8, 4) is 5.75 Å². The lowest BCUT2D eigenvalue weighted by molar-refractivity contribution is -0.121. The maximum Gasteiger partial charge on any atom is 0.269 e. The average molecular weight is 366 g/mol. The summed E-state index contributed by atoms with van der Waals surface area (Å²) in [6.45, 7) is 4.80. The molecule has 0 aliphatic carbocycles. The van der Waals surface area contributed by atoms with E-state index in [1.54, 1.807) is 43.5 Å². The fourth-order valence-corrected chi connectivity index (χ4v) is 2.96. The van der Waals surface area contributed by atoms with E-state index in [0.29, 0.717) is 5.56 Å². The van der Waals surface area contributed by atoms with Gasteiger partial charge in [-0.1, -0.05) is 12.1 Å². The number of aryl methyl sites for hydroxylation is 2. The number of methoxy groups -OCH3 is 1. The van der Waals surface area contributed by atoms with Crippen LogP contribution in [0.2, 0.25) is 0 Å². The molecule has 0 bridgehead atoms. The monoisotopic (exact) mass is 366 g/mol. The van der Waals surface area contributed by atoms with Crippen molar-refractivity contribution in [1.82, 2.24) is 20.4 Å². The van der Waals surface area contributed by atoms with Gasteiger partial charge in [-0.2, -0.15) is 0 Å². The predicted molar refractivity (Wildman–Crippen MR) is 102 cm³/mol. The van der Waals surface area contributed by atoms with Gasteiger partial charge in [-0.25, -0.2) is 4.98 Å². The van der Waals surface area contributed by atoms with Crippen molar-refractivity contribution in [2.45, 2.75) is 26.8 Å². The Morgan fingerprint density at radius 3 is 2.52 bits per heavy atom. The first-order valence-electron chi connectivity index (χ1n) is 8.70. The Labute approximate surface area is 157 Å². The van der Waals surface area contributed by atoms with Crippen LogP contribution in [0, 0.1) is 6.92 Å². The Bertz CT molecular complexity index is 977. The molecule has 2 aromatic carbocycles. The van der Waals surface area contributed by atoms with Gasteiger partial charge in [0.1, 0.15) is 11.6 Å². The van der Waals surface area contributed by atoms with Gasteiger partial charge in [0, 0.05) is 12.1 Å². The number of benzene rings is 2. The molecule has 0 saturated heterocycles. The van der Waals surface area contributed by atoms with Crippen LogP contribution in [0.15, 0.2) is 42.5 Å². The van der Waals surface area contributed by atoms with Crippen molar-refractivity contribution in [2.24, 2.45) is 0 Å². The number of nitrogens with zero attached hydrogens (tertiary/aromatic N) is 2. The molecule has 3 aromatic rings. The Morgan fingerprint density at radius 1 is 1.11 bits per heavy atom. The average Bonchev–Trinajstić information content (AvgIpc) is 3.00. The highest BCUT2D eigenvalue weighted by atomic mass is 16.5. The summed E-state index contributed by atoms with van der Waals surface area (Å²) in [5.41, 5.74) is 7.88. The first-order valence-corrected chi connectivity index (χ1v) is 8.70. The topological polar surface area (TPSA) is 85.3 Å². The lowest BCUT2D eigenvalue weighted by Crippen LogP contribution is -2.42. The van der Waals surface area contributed by atoms with Gasteiger partial charge in [0.25, 0.3) is 5.91 Å². The van der Waals surface area contributed by atoms with Crippen LogP contribution in [0.3, 0.4) is 0 Å². The first-order chi connectivity index (χ1) is 13.0. The first kappa shape index (κ1) is 18.4. The number of carbonyl (C=O) groups is 2. The molecule has 2 N–H and O–H groups in total. The zero-order valence-electron chi connectivity index (χ0n) is 15.6. The number of rotatable bonds is 5. The van der Waals surface area contributed by atoms with Gasteiger partial charge in [0.15, 0.2) is 0 Å². The van der Waals surface area contributed by atoms with E-state index >= 15 is 0 Å². The third-order valence-corrected chi connectivity index (χ3v) is 4.36. The molecule has 27 heavy (non-hydrogen) atoms. The SMILES string of the molecule is CCn1c(C)nc2cc(C(=O)NNC(=O)Cc3ccc(OC)cc3)ccc21. The van der Waals surface area contributed by atoms with E-state index < -0.39 is 0 Å². The van der Waals surface area contributed by atoms with E-state index in [2.05, 4.69) is 20.4 Å². The van der Waals surface area contributed by atoms with Gasteiger partial charge in [-0.05, 0) is 49.7 Å². The fourth-order valence-electron chi connectivity index (χ4n) is 2.96. The predicted octanol–water partition coefficient (Wildman–Crippen LogP) is 2.38. The van der Waals surface area contributed by atoms with Gasteiger partial charge >= 0.3 is 0 Å². The summed E-state index contributed by atoms with van der Waals surface area (Å²) in [6, 6.07) is 12.5. The summed E-state index contributed by atoms with van der Waals surface area (Å²) < 4.78 is 7.16. The standard InChI is InChI=1S/C20H22N4O3/c1-4-24-13(2)21-17-12-15(7-10-18(17)24)20(26)23-22-19(25)11-14-5-8-16(27-3)9-6-14/h5-10,12H,4,11H2,1-3H3,(H,22,25)(H,23,26). The smallest absolute Gasteiger partial charge is 0.269 e. The van der Waals surface area contributed by atoms with Crippen molar-refractivity contribution >= 4 is 22.8 Å². The lowest BCUT2D eigenvalue weighted by atomic mass is 10.1. The van der Waals surface area contributed by atoms with Crippen LogP contribution < -0.4 is 15.6 Å². The number of ether oxygens (including phenoxy) is 1. The molecule has 0 fully saturated rings. The van der Waals surface area contributed by atoms with Gasteiger partial charge in [-0.3, -0.25) is 20.4 Å². The van der Waals surface area contributed by atoms with E-state index in [1.807, 2.05) is 19.9 Å². The van der Waals surface area contributed by atoms with Crippen molar-refractivity contribution in [1.29, 1.82) is 0 Å². The van der Waals surface area contributed by atoms with E-state index in [1.165, 1.54) is 0 Å². The quantitative estimate of drug-likeness (QED) is 0.679. The minimum atomic E-state index is -0.385. The van der Waals surface area contributed by atoms with Gasteiger partial charge < -0.3 is 9.30 Å². The second-order valence-electron chi connectivity index (χ2n) is 6.13. The largest absolute Gasteiger partial charge is 0.497 e. The second kappa shape index (κ2) is 7.90.